The zero-order chi connectivity index (χ0) is 26.5. The summed E-state index contributed by atoms with van der Waals surface area (Å²) in [4.78, 5) is 24.5. The Labute approximate surface area is 225 Å². The molecule has 1 amide bonds. The van der Waals surface area contributed by atoms with E-state index in [0.717, 1.165) is 32.1 Å². The molecule has 0 saturated carbocycles. The summed E-state index contributed by atoms with van der Waals surface area (Å²) in [5, 5.41) is 2.85. The van der Waals surface area contributed by atoms with E-state index in [0.29, 0.717) is 19.4 Å². The molecule has 4 heteroatoms. The van der Waals surface area contributed by atoms with Gasteiger partial charge in [0.05, 0.1) is 6.42 Å². The highest BCUT2D eigenvalue weighted by molar-refractivity contribution is 5.77. The zero-order valence-corrected chi connectivity index (χ0v) is 24.7. The fourth-order valence-corrected chi connectivity index (χ4v) is 4.89. The first-order valence-electron chi connectivity index (χ1n) is 16.1. The topological polar surface area (TPSA) is 55.4 Å². The number of carbonyl (C=O) groups excluding carboxylic acids is 2. The van der Waals surface area contributed by atoms with Crippen LogP contribution in [-0.4, -0.2) is 24.5 Å². The van der Waals surface area contributed by atoms with Crippen LogP contribution in [0.3, 0.4) is 0 Å². The number of unbranched alkanes of at least 4 members (excludes halogenated alkanes) is 20. The predicted octanol–water partition coefficient (Wildman–Crippen LogP) is 9.83. The van der Waals surface area contributed by atoms with E-state index in [1.54, 1.807) is 0 Å². The van der Waals surface area contributed by atoms with E-state index in [2.05, 4.69) is 19.2 Å². The van der Waals surface area contributed by atoms with E-state index < -0.39 is 0 Å². The largest absolute Gasteiger partial charge is 0.462 e. The number of hydrogen-bond donors (Lipinski definition) is 1. The predicted molar refractivity (Wildman–Crippen MR) is 155 cm³/mol. The molecule has 4 nitrogen and oxygen atoms in total. The summed E-state index contributed by atoms with van der Waals surface area (Å²) in [6.45, 7) is 7.07. The second-order valence-electron chi connectivity index (χ2n) is 10.9. The van der Waals surface area contributed by atoms with E-state index in [1.165, 1.54) is 116 Å². The fraction of sp³-hybridized carbons (Fsp3) is 0.938. The summed E-state index contributed by atoms with van der Waals surface area (Å²) in [5.74, 6) is -0.129. The first-order chi connectivity index (χ1) is 17.6. The van der Waals surface area contributed by atoms with Crippen molar-refractivity contribution in [3.8, 4) is 0 Å². The number of carbonyl (C=O) groups is 2. The maximum atomic E-state index is 12.4. The molecule has 0 bridgehead atoms. The minimum atomic E-state index is -0.268. The minimum Gasteiger partial charge on any atom is -0.462 e. The smallest absolute Gasteiger partial charge is 0.306 e. The number of nitrogens with one attached hydrogen (secondary N) is 1. The van der Waals surface area contributed by atoms with Crippen molar-refractivity contribution < 1.29 is 14.3 Å². The Balaban J connectivity index is 3.86. The molecule has 0 heterocycles. The van der Waals surface area contributed by atoms with Crippen molar-refractivity contribution in [1.82, 2.24) is 5.32 Å². The lowest BCUT2D eigenvalue weighted by Crippen LogP contribution is -2.29. The molecular weight excluding hydrogens is 446 g/mol. The molecule has 0 fully saturated rings. The van der Waals surface area contributed by atoms with Gasteiger partial charge in [0.1, 0.15) is 6.10 Å². The Bertz CT molecular complexity index is 480. The molecule has 0 radical (unpaired) electrons. The Kier molecular flexibility index (Phi) is 27.7. The molecule has 1 atom stereocenters. The van der Waals surface area contributed by atoms with Crippen LogP contribution >= 0.6 is 0 Å². The highest BCUT2D eigenvalue weighted by Crippen LogP contribution is 2.16. The first kappa shape index (κ1) is 34.9. The van der Waals surface area contributed by atoms with Gasteiger partial charge in [0.25, 0.3) is 0 Å². The molecule has 0 aromatic carbocycles. The van der Waals surface area contributed by atoms with Gasteiger partial charge in [-0.3, -0.25) is 9.59 Å². The third-order valence-corrected chi connectivity index (χ3v) is 7.20. The zero-order valence-electron chi connectivity index (χ0n) is 24.7. The second-order valence-corrected chi connectivity index (χ2v) is 10.9. The first-order valence-corrected chi connectivity index (χ1v) is 16.1. The molecule has 0 rings (SSSR count). The monoisotopic (exact) mass is 509 g/mol. The summed E-state index contributed by atoms with van der Waals surface area (Å²) < 4.78 is 5.75. The van der Waals surface area contributed by atoms with Crippen LogP contribution in [0.1, 0.15) is 181 Å². The highest BCUT2D eigenvalue weighted by Gasteiger charge is 2.18. The van der Waals surface area contributed by atoms with Gasteiger partial charge in [-0.25, -0.2) is 0 Å². The van der Waals surface area contributed by atoms with E-state index in [-0.39, 0.29) is 18.0 Å². The third kappa shape index (κ3) is 26.0. The molecule has 0 aromatic rings. The second kappa shape index (κ2) is 28.5. The number of ether oxygens (including phenoxy) is 1. The Morgan fingerprint density at radius 1 is 0.556 bits per heavy atom. The number of hydrogen-bond acceptors (Lipinski definition) is 3. The van der Waals surface area contributed by atoms with Gasteiger partial charge in [-0.1, -0.05) is 142 Å². The lowest BCUT2D eigenvalue weighted by Gasteiger charge is -2.18. The summed E-state index contributed by atoms with van der Waals surface area (Å²) in [7, 11) is 0. The van der Waals surface area contributed by atoms with Crippen LogP contribution in [0.15, 0.2) is 0 Å². The van der Waals surface area contributed by atoms with Crippen molar-refractivity contribution in [3.05, 3.63) is 0 Å². The van der Waals surface area contributed by atoms with Gasteiger partial charge in [0.15, 0.2) is 0 Å². The van der Waals surface area contributed by atoms with Crippen LogP contribution in [0, 0.1) is 0 Å². The van der Waals surface area contributed by atoms with Crippen molar-refractivity contribution in [1.29, 1.82) is 0 Å². The molecular formula is C32H63NO3. The molecule has 0 unspecified atom stereocenters. The van der Waals surface area contributed by atoms with Crippen molar-refractivity contribution >= 4 is 11.9 Å². The summed E-state index contributed by atoms with van der Waals surface area (Å²) in [6, 6.07) is 0. The molecule has 0 aliphatic carbocycles. The molecule has 0 saturated heterocycles. The van der Waals surface area contributed by atoms with Gasteiger partial charge in [0, 0.05) is 13.0 Å². The van der Waals surface area contributed by atoms with E-state index in [4.69, 9.17) is 4.74 Å². The van der Waals surface area contributed by atoms with Crippen molar-refractivity contribution in [2.45, 2.75) is 187 Å². The van der Waals surface area contributed by atoms with Crippen LogP contribution in [0.2, 0.25) is 0 Å². The Morgan fingerprint density at radius 3 is 1.36 bits per heavy atom. The molecule has 0 spiro atoms. The maximum absolute atomic E-state index is 12.4. The minimum absolute atomic E-state index is 0.00724. The number of esters is 1. The van der Waals surface area contributed by atoms with Gasteiger partial charge in [-0.2, -0.15) is 0 Å². The van der Waals surface area contributed by atoms with Gasteiger partial charge < -0.3 is 10.1 Å². The van der Waals surface area contributed by atoms with Crippen molar-refractivity contribution in [2.24, 2.45) is 0 Å². The average Bonchev–Trinajstić information content (AvgIpc) is 2.85. The van der Waals surface area contributed by atoms with Crippen LogP contribution in [0.4, 0.5) is 0 Å². The third-order valence-electron chi connectivity index (χ3n) is 7.20. The number of amides is 1. The molecule has 0 aromatic heterocycles. The van der Waals surface area contributed by atoms with Crippen LogP contribution in [-0.2, 0) is 14.3 Å². The standard InChI is InChI=1S/C32H63NO3/c1-4-7-9-11-13-15-16-17-18-20-22-24-26-28-32(35)36-30(29-31(34)33-6-3)27-25-23-21-19-14-12-10-8-5-2/h30H,4-29H2,1-3H3,(H,33,34)/t30-/m1/s1. The van der Waals surface area contributed by atoms with Crippen LogP contribution in [0.5, 0.6) is 0 Å². The highest BCUT2D eigenvalue weighted by atomic mass is 16.5. The van der Waals surface area contributed by atoms with Gasteiger partial charge in [-0.05, 0) is 26.2 Å². The summed E-state index contributed by atoms with van der Waals surface area (Å²) in [6.07, 6.45) is 29.6. The van der Waals surface area contributed by atoms with Crippen LogP contribution < -0.4 is 5.32 Å². The van der Waals surface area contributed by atoms with Gasteiger partial charge in [0.2, 0.25) is 5.91 Å². The molecule has 214 valence electrons. The Morgan fingerprint density at radius 2 is 0.944 bits per heavy atom. The van der Waals surface area contributed by atoms with Crippen molar-refractivity contribution in [3.63, 3.8) is 0 Å². The quantitative estimate of drug-likeness (QED) is 0.0843. The average molecular weight is 510 g/mol. The van der Waals surface area contributed by atoms with E-state index in [9.17, 15) is 9.59 Å². The lowest BCUT2D eigenvalue weighted by atomic mass is 10.0. The van der Waals surface area contributed by atoms with Crippen molar-refractivity contribution in [2.75, 3.05) is 6.54 Å². The fourth-order valence-electron chi connectivity index (χ4n) is 4.89. The molecule has 0 aliphatic heterocycles. The molecule has 36 heavy (non-hydrogen) atoms. The van der Waals surface area contributed by atoms with Gasteiger partial charge >= 0.3 is 5.97 Å². The van der Waals surface area contributed by atoms with Gasteiger partial charge in [-0.15, -0.1) is 0 Å². The van der Waals surface area contributed by atoms with Crippen LogP contribution in [0.25, 0.3) is 0 Å². The van der Waals surface area contributed by atoms with E-state index in [1.807, 2.05) is 6.92 Å². The summed E-state index contributed by atoms with van der Waals surface area (Å²) >= 11 is 0. The SMILES string of the molecule is CCCCCCCCCCCCCCCC(=O)O[C@H](CCCCCCCCCCC)CC(=O)NCC. The number of rotatable bonds is 28. The maximum Gasteiger partial charge on any atom is 0.306 e. The molecule has 0 aliphatic rings. The summed E-state index contributed by atoms with van der Waals surface area (Å²) in [5.41, 5.74) is 0. The lowest BCUT2D eigenvalue weighted by molar-refractivity contribution is -0.150. The molecule has 1 N–H and O–H groups in total. The normalized spacial score (nSPS) is 12.0. The Hall–Kier alpha value is -1.06. The van der Waals surface area contributed by atoms with E-state index >= 15 is 0 Å².